The summed E-state index contributed by atoms with van der Waals surface area (Å²) in [6.45, 7) is 9.28. The zero-order chi connectivity index (χ0) is 13.2. The van der Waals surface area contributed by atoms with Gasteiger partial charge in [-0.1, -0.05) is 19.8 Å². The zero-order valence-corrected chi connectivity index (χ0v) is 12.0. The molecule has 0 unspecified atom stereocenters. The van der Waals surface area contributed by atoms with Gasteiger partial charge in [0, 0.05) is 11.0 Å². The van der Waals surface area contributed by atoms with Gasteiger partial charge < -0.3 is 9.73 Å². The molecule has 0 aromatic carbocycles. The van der Waals surface area contributed by atoms with E-state index in [-0.39, 0.29) is 11.0 Å². The molecule has 0 spiro atoms. The van der Waals surface area contributed by atoms with Crippen LogP contribution in [0.5, 0.6) is 0 Å². The highest BCUT2D eigenvalue weighted by Crippen LogP contribution is 2.42. The molecule has 2 rings (SSSR count). The van der Waals surface area contributed by atoms with Crippen LogP contribution < -0.4 is 5.32 Å². The monoisotopic (exact) mass is 251 g/mol. The van der Waals surface area contributed by atoms with E-state index in [1.807, 2.05) is 0 Å². The lowest BCUT2D eigenvalue weighted by molar-refractivity contribution is 0.296. The van der Waals surface area contributed by atoms with Crippen molar-refractivity contribution in [2.24, 2.45) is 0 Å². The number of hydrogen-bond acceptors (Lipinski definition) is 4. The van der Waals surface area contributed by atoms with Crippen LogP contribution in [0.4, 0.5) is 0 Å². The van der Waals surface area contributed by atoms with Gasteiger partial charge in [-0.15, -0.1) is 10.2 Å². The molecule has 18 heavy (non-hydrogen) atoms. The molecule has 0 aliphatic heterocycles. The van der Waals surface area contributed by atoms with E-state index >= 15 is 0 Å². The highest BCUT2D eigenvalue weighted by molar-refractivity contribution is 5.06. The molecule has 1 N–H and O–H groups in total. The minimum Gasteiger partial charge on any atom is -0.423 e. The van der Waals surface area contributed by atoms with Crippen molar-refractivity contribution in [1.82, 2.24) is 15.5 Å². The van der Waals surface area contributed by atoms with Gasteiger partial charge in [-0.2, -0.15) is 0 Å². The van der Waals surface area contributed by atoms with E-state index in [4.69, 9.17) is 4.42 Å². The molecule has 4 heteroatoms. The molecule has 1 aliphatic rings. The van der Waals surface area contributed by atoms with Crippen LogP contribution in [0, 0.1) is 0 Å². The first kappa shape index (κ1) is 13.5. The Morgan fingerprint density at radius 1 is 1.22 bits per heavy atom. The van der Waals surface area contributed by atoms with E-state index in [1.54, 1.807) is 0 Å². The lowest BCUT2D eigenvalue weighted by Crippen LogP contribution is -2.35. The van der Waals surface area contributed by atoms with Crippen LogP contribution in [-0.2, 0) is 12.0 Å². The average molecular weight is 251 g/mol. The number of aromatic nitrogens is 2. The molecule has 4 nitrogen and oxygen atoms in total. The van der Waals surface area contributed by atoms with Crippen LogP contribution in [0.1, 0.15) is 71.6 Å². The fraction of sp³-hybridized carbons (Fsp3) is 0.857. The van der Waals surface area contributed by atoms with Gasteiger partial charge in [0.2, 0.25) is 11.8 Å². The van der Waals surface area contributed by atoms with Gasteiger partial charge in [0.1, 0.15) is 0 Å². The molecule has 1 aromatic rings. The van der Waals surface area contributed by atoms with Crippen LogP contribution in [0.25, 0.3) is 0 Å². The first-order valence-corrected chi connectivity index (χ1v) is 7.03. The fourth-order valence-electron chi connectivity index (χ4n) is 2.65. The molecular weight excluding hydrogens is 226 g/mol. The summed E-state index contributed by atoms with van der Waals surface area (Å²) in [5, 5.41) is 11.8. The van der Waals surface area contributed by atoms with Crippen LogP contribution >= 0.6 is 0 Å². The van der Waals surface area contributed by atoms with E-state index < -0.39 is 0 Å². The lowest BCUT2D eigenvalue weighted by Gasteiger charge is -2.22. The smallest absolute Gasteiger partial charge is 0.230 e. The molecule has 1 aromatic heterocycles. The standard InChI is InChI=1S/C14H25N3O/c1-5-14(8-6-7-9-14)12-17-16-11(18-12)10-15-13(2,3)4/h15H,5-10H2,1-4H3. The first-order valence-electron chi connectivity index (χ1n) is 7.03. The predicted molar refractivity (Wildman–Crippen MR) is 71.3 cm³/mol. The zero-order valence-electron chi connectivity index (χ0n) is 12.0. The van der Waals surface area contributed by atoms with E-state index in [9.17, 15) is 0 Å². The van der Waals surface area contributed by atoms with Gasteiger partial charge in [0.15, 0.2) is 0 Å². The maximum absolute atomic E-state index is 5.87. The summed E-state index contributed by atoms with van der Waals surface area (Å²) in [5.74, 6) is 1.56. The summed E-state index contributed by atoms with van der Waals surface area (Å²) in [6, 6.07) is 0. The Balaban J connectivity index is 2.05. The number of nitrogens with one attached hydrogen (secondary N) is 1. The summed E-state index contributed by atoms with van der Waals surface area (Å²) in [4.78, 5) is 0. The number of nitrogens with zero attached hydrogens (tertiary/aromatic N) is 2. The molecule has 1 saturated carbocycles. The maximum atomic E-state index is 5.87. The molecule has 0 saturated heterocycles. The van der Waals surface area contributed by atoms with Crippen molar-refractivity contribution in [3.8, 4) is 0 Å². The number of hydrogen-bond donors (Lipinski definition) is 1. The van der Waals surface area contributed by atoms with Crippen molar-refractivity contribution in [2.75, 3.05) is 0 Å². The van der Waals surface area contributed by atoms with Crippen molar-refractivity contribution >= 4 is 0 Å². The third-order valence-corrected chi connectivity index (χ3v) is 3.93. The summed E-state index contributed by atoms with van der Waals surface area (Å²) >= 11 is 0. The highest BCUT2D eigenvalue weighted by atomic mass is 16.4. The third kappa shape index (κ3) is 2.91. The minimum atomic E-state index is 0.0738. The molecule has 102 valence electrons. The Hall–Kier alpha value is -0.900. The topological polar surface area (TPSA) is 51.0 Å². The Bertz CT molecular complexity index is 386. The summed E-state index contributed by atoms with van der Waals surface area (Å²) in [5.41, 5.74) is 0.234. The summed E-state index contributed by atoms with van der Waals surface area (Å²) in [6.07, 6.45) is 6.05. The molecule has 1 heterocycles. The van der Waals surface area contributed by atoms with Crippen molar-refractivity contribution in [3.63, 3.8) is 0 Å². The van der Waals surface area contributed by atoms with Gasteiger partial charge in [0.05, 0.1) is 6.54 Å². The Kier molecular flexibility index (Phi) is 3.76. The molecule has 0 atom stereocenters. The van der Waals surface area contributed by atoms with Crippen molar-refractivity contribution < 1.29 is 4.42 Å². The van der Waals surface area contributed by atoms with Gasteiger partial charge in [0.25, 0.3) is 0 Å². The lowest BCUT2D eigenvalue weighted by atomic mass is 9.83. The fourth-order valence-corrected chi connectivity index (χ4v) is 2.65. The summed E-state index contributed by atoms with van der Waals surface area (Å²) < 4.78 is 5.87. The van der Waals surface area contributed by atoms with E-state index in [2.05, 4.69) is 43.2 Å². The Morgan fingerprint density at radius 3 is 2.44 bits per heavy atom. The Morgan fingerprint density at radius 2 is 1.89 bits per heavy atom. The van der Waals surface area contributed by atoms with E-state index in [1.165, 1.54) is 25.7 Å². The quantitative estimate of drug-likeness (QED) is 0.893. The minimum absolute atomic E-state index is 0.0738. The SMILES string of the molecule is CCC1(c2nnc(CNC(C)(C)C)o2)CCCC1. The molecule has 0 amide bonds. The third-order valence-electron chi connectivity index (χ3n) is 3.93. The van der Waals surface area contributed by atoms with Gasteiger partial charge in [-0.3, -0.25) is 0 Å². The number of rotatable bonds is 4. The van der Waals surface area contributed by atoms with Gasteiger partial charge >= 0.3 is 0 Å². The predicted octanol–water partition coefficient (Wildman–Crippen LogP) is 3.18. The Labute approximate surface area is 110 Å². The second-order valence-corrected chi connectivity index (χ2v) is 6.45. The van der Waals surface area contributed by atoms with E-state index in [0.717, 1.165) is 12.3 Å². The van der Waals surface area contributed by atoms with Crippen molar-refractivity contribution in [3.05, 3.63) is 11.8 Å². The first-order chi connectivity index (χ1) is 8.45. The molecule has 0 bridgehead atoms. The van der Waals surface area contributed by atoms with Crippen LogP contribution in [0.2, 0.25) is 0 Å². The van der Waals surface area contributed by atoms with Crippen LogP contribution in [0.15, 0.2) is 4.42 Å². The van der Waals surface area contributed by atoms with E-state index in [0.29, 0.717) is 12.4 Å². The van der Waals surface area contributed by atoms with Gasteiger partial charge in [-0.25, -0.2) is 0 Å². The van der Waals surface area contributed by atoms with Crippen LogP contribution in [-0.4, -0.2) is 15.7 Å². The second kappa shape index (κ2) is 5.00. The second-order valence-electron chi connectivity index (χ2n) is 6.45. The van der Waals surface area contributed by atoms with Crippen molar-refractivity contribution in [1.29, 1.82) is 0 Å². The van der Waals surface area contributed by atoms with Crippen LogP contribution in [0.3, 0.4) is 0 Å². The summed E-state index contributed by atoms with van der Waals surface area (Å²) in [7, 11) is 0. The largest absolute Gasteiger partial charge is 0.423 e. The normalized spacial score (nSPS) is 19.3. The molecule has 0 radical (unpaired) electrons. The average Bonchev–Trinajstić information content (AvgIpc) is 2.95. The van der Waals surface area contributed by atoms with Crippen molar-refractivity contribution in [2.45, 2.75) is 77.3 Å². The van der Waals surface area contributed by atoms with Gasteiger partial charge in [-0.05, 0) is 40.0 Å². The maximum Gasteiger partial charge on any atom is 0.230 e. The molecule has 1 aliphatic carbocycles. The molecule has 1 fully saturated rings. The highest BCUT2D eigenvalue weighted by Gasteiger charge is 2.38. The molecular formula is C14H25N3O.